The summed E-state index contributed by atoms with van der Waals surface area (Å²) in [6, 6.07) is 2.79. The predicted octanol–water partition coefficient (Wildman–Crippen LogP) is 2.88. The highest BCUT2D eigenvalue weighted by atomic mass is 16.6. The summed E-state index contributed by atoms with van der Waals surface area (Å²) in [6.45, 7) is 5.00. The molecule has 0 aliphatic carbocycles. The molecule has 1 atom stereocenters. The third-order valence-electron chi connectivity index (χ3n) is 4.33. The highest BCUT2D eigenvalue weighted by Crippen LogP contribution is 2.18. The molecule has 2 fully saturated rings. The van der Waals surface area contributed by atoms with Crippen molar-refractivity contribution in [2.24, 2.45) is 5.10 Å². The zero-order valence-electron chi connectivity index (χ0n) is 14.7. The lowest BCUT2D eigenvalue weighted by atomic mass is 10.1. The number of piperidine rings is 1. The van der Waals surface area contributed by atoms with Crippen molar-refractivity contribution < 1.29 is 18.9 Å². The van der Waals surface area contributed by atoms with Crippen LogP contribution < -0.4 is 0 Å². The molecule has 9 nitrogen and oxygen atoms in total. The Labute approximate surface area is 151 Å². The average Bonchev–Trinajstić information content (AvgIpc) is 3.21. The first kappa shape index (κ1) is 18.1. The number of hydrazone groups is 1. The number of furan rings is 1. The monoisotopic (exact) mass is 362 g/mol. The molecule has 2 aliphatic heterocycles. The number of nitro groups is 1. The second-order valence-corrected chi connectivity index (χ2v) is 6.46. The van der Waals surface area contributed by atoms with Crippen molar-refractivity contribution in [1.29, 1.82) is 0 Å². The van der Waals surface area contributed by atoms with Gasteiger partial charge in [0.05, 0.1) is 18.3 Å². The van der Waals surface area contributed by atoms with E-state index in [0.29, 0.717) is 18.0 Å². The standard InChI is InChI=1S/C17H22N4O5/c1-13(5-6-14-7-8-16(25-14)21(23)24)18-20-12-15(26-17(20)22)11-19-9-3-2-4-10-19/h5-8,15H,2-4,9-12H2,1H3/b6-5+,18-13+/t15-/m0/s1. The fourth-order valence-corrected chi connectivity index (χ4v) is 3.07. The van der Waals surface area contributed by atoms with Crippen LogP contribution in [0, 0.1) is 10.1 Å². The van der Waals surface area contributed by atoms with Gasteiger partial charge in [0.15, 0.2) is 0 Å². The van der Waals surface area contributed by atoms with Crippen LogP contribution in [0.4, 0.5) is 10.7 Å². The molecule has 2 aliphatic rings. The molecule has 140 valence electrons. The molecular formula is C17H22N4O5. The maximum atomic E-state index is 12.0. The normalized spacial score (nSPS) is 22.2. The lowest BCUT2D eigenvalue weighted by molar-refractivity contribution is -0.402. The second-order valence-electron chi connectivity index (χ2n) is 6.46. The van der Waals surface area contributed by atoms with E-state index < -0.39 is 11.0 Å². The van der Waals surface area contributed by atoms with Crippen LogP contribution in [0.5, 0.6) is 0 Å². The first-order valence-electron chi connectivity index (χ1n) is 8.69. The van der Waals surface area contributed by atoms with E-state index in [0.717, 1.165) is 19.6 Å². The number of hydrogen-bond acceptors (Lipinski definition) is 7. The van der Waals surface area contributed by atoms with Crippen LogP contribution in [0.2, 0.25) is 0 Å². The number of likely N-dealkylation sites (tertiary alicyclic amines) is 1. The topological polar surface area (TPSA) is 101 Å². The van der Waals surface area contributed by atoms with E-state index >= 15 is 0 Å². The first-order chi connectivity index (χ1) is 12.5. The summed E-state index contributed by atoms with van der Waals surface area (Å²) in [6.07, 6.45) is 6.23. The van der Waals surface area contributed by atoms with Gasteiger partial charge < -0.3 is 9.15 Å². The molecule has 0 spiro atoms. The maximum absolute atomic E-state index is 12.0. The number of carbonyl (C=O) groups is 1. The molecule has 9 heteroatoms. The first-order valence-corrected chi connectivity index (χ1v) is 8.69. The largest absolute Gasteiger partial charge is 0.441 e. The van der Waals surface area contributed by atoms with Crippen LogP contribution >= 0.6 is 0 Å². The third kappa shape index (κ3) is 4.69. The molecule has 1 amide bonds. The van der Waals surface area contributed by atoms with Crippen molar-refractivity contribution in [3.05, 3.63) is 34.1 Å². The minimum Gasteiger partial charge on any atom is -0.441 e. The average molecular weight is 362 g/mol. The van der Waals surface area contributed by atoms with Crippen LogP contribution in [0.15, 0.2) is 27.7 Å². The van der Waals surface area contributed by atoms with Crippen LogP contribution in [0.1, 0.15) is 31.9 Å². The Morgan fingerprint density at radius 3 is 2.85 bits per heavy atom. The molecule has 3 rings (SSSR count). The van der Waals surface area contributed by atoms with E-state index in [1.54, 1.807) is 19.1 Å². The Hall–Kier alpha value is -2.68. The molecule has 0 aromatic carbocycles. The summed E-state index contributed by atoms with van der Waals surface area (Å²) >= 11 is 0. The van der Waals surface area contributed by atoms with Gasteiger partial charge in [0.2, 0.25) is 0 Å². The van der Waals surface area contributed by atoms with Gasteiger partial charge in [-0.05, 0) is 51.1 Å². The van der Waals surface area contributed by atoms with Gasteiger partial charge in [-0.25, -0.2) is 4.79 Å². The molecule has 3 heterocycles. The van der Waals surface area contributed by atoms with E-state index in [2.05, 4.69) is 10.0 Å². The molecule has 2 saturated heterocycles. The van der Waals surface area contributed by atoms with Gasteiger partial charge in [0.1, 0.15) is 16.8 Å². The lowest BCUT2D eigenvalue weighted by Gasteiger charge is -2.27. The summed E-state index contributed by atoms with van der Waals surface area (Å²) < 4.78 is 10.4. The van der Waals surface area contributed by atoms with Crippen LogP contribution in [-0.4, -0.2) is 58.9 Å². The predicted molar refractivity (Wildman–Crippen MR) is 94.8 cm³/mol. The van der Waals surface area contributed by atoms with Crippen LogP contribution in [-0.2, 0) is 4.74 Å². The Bertz CT molecular complexity index is 720. The molecule has 0 saturated carbocycles. The third-order valence-corrected chi connectivity index (χ3v) is 4.33. The molecule has 0 unspecified atom stereocenters. The fourth-order valence-electron chi connectivity index (χ4n) is 3.07. The van der Waals surface area contributed by atoms with Gasteiger partial charge >= 0.3 is 12.0 Å². The van der Waals surface area contributed by atoms with Gasteiger partial charge in [-0.3, -0.25) is 15.0 Å². The van der Waals surface area contributed by atoms with Crippen molar-refractivity contribution >= 4 is 23.8 Å². The summed E-state index contributed by atoms with van der Waals surface area (Å²) in [4.78, 5) is 24.3. The minimum atomic E-state index is -0.596. The number of amides is 1. The maximum Gasteiger partial charge on any atom is 0.433 e. The Kier molecular flexibility index (Phi) is 5.67. The second kappa shape index (κ2) is 8.13. The number of rotatable bonds is 6. The molecule has 0 radical (unpaired) electrons. The summed E-state index contributed by atoms with van der Waals surface area (Å²) in [7, 11) is 0. The molecule has 1 aromatic heterocycles. The van der Waals surface area contributed by atoms with Crippen molar-refractivity contribution in [3.8, 4) is 0 Å². The van der Waals surface area contributed by atoms with E-state index in [1.165, 1.54) is 36.4 Å². The number of hydrogen-bond donors (Lipinski definition) is 0. The summed E-state index contributed by atoms with van der Waals surface area (Å²) in [5.41, 5.74) is 0.569. The van der Waals surface area contributed by atoms with Crippen molar-refractivity contribution in [2.75, 3.05) is 26.2 Å². The molecule has 1 aromatic rings. The van der Waals surface area contributed by atoms with E-state index in [4.69, 9.17) is 9.15 Å². The summed E-state index contributed by atoms with van der Waals surface area (Å²) in [5.74, 6) is 0.0288. The smallest absolute Gasteiger partial charge is 0.433 e. The van der Waals surface area contributed by atoms with E-state index in [1.807, 2.05) is 0 Å². The van der Waals surface area contributed by atoms with Crippen molar-refractivity contribution in [3.63, 3.8) is 0 Å². The van der Waals surface area contributed by atoms with Gasteiger partial charge in [-0.1, -0.05) is 6.42 Å². The van der Waals surface area contributed by atoms with Gasteiger partial charge in [0.25, 0.3) is 0 Å². The van der Waals surface area contributed by atoms with Gasteiger partial charge in [-0.2, -0.15) is 10.1 Å². The van der Waals surface area contributed by atoms with Crippen molar-refractivity contribution in [1.82, 2.24) is 9.91 Å². The van der Waals surface area contributed by atoms with Crippen molar-refractivity contribution in [2.45, 2.75) is 32.3 Å². The van der Waals surface area contributed by atoms with Gasteiger partial charge in [-0.15, -0.1) is 0 Å². The number of ether oxygens (including phenoxy) is 1. The van der Waals surface area contributed by atoms with E-state index in [-0.39, 0.29) is 12.0 Å². The number of allylic oxidation sites excluding steroid dienone is 1. The highest BCUT2D eigenvalue weighted by Gasteiger charge is 2.32. The highest BCUT2D eigenvalue weighted by molar-refractivity contribution is 5.96. The molecule has 0 N–H and O–H groups in total. The Balaban J connectivity index is 1.55. The fraction of sp³-hybridized carbons (Fsp3) is 0.529. The lowest BCUT2D eigenvalue weighted by Crippen LogP contribution is -2.37. The quantitative estimate of drug-likeness (QED) is 0.438. The number of carbonyl (C=O) groups excluding carboxylic acids is 1. The Morgan fingerprint density at radius 2 is 2.15 bits per heavy atom. The van der Waals surface area contributed by atoms with Crippen LogP contribution in [0.25, 0.3) is 6.08 Å². The van der Waals surface area contributed by atoms with E-state index in [9.17, 15) is 14.9 Å². The number of nitrogens with zero attached hydrogens (tertiary/aromatic N) is 4. The number of cyclic esters (lactones) is 1. The Morgan fingerprint density at radius 1 is 1.38 bits per heavy atom. The zero-order valence-corrected chi connectivity index (χ0v) is 14.7. The molecule has 26 heavy (non-hydrogen) atoms. The summed E-state index contributed by atoms with van der Waals surface area (Å²) in [5, 5.41) is 16.2. The van der Waals surface area contributed by atoms with Crippen LogP contribution in [0.3, 0.4) is 0 Å². The van der Waals surface area contributed by atoms with Gasteiger partial charge in [0, 0.05) is 6.54 Å². The molecule has 0 bridgehead atoms. The SMILES string of the molecule is CC(/C=C/c1ccc([N+](=O)[O-])o1)=N\N1C[C@H](CN2CCCCC2)OC1=O. The zero-order chi connectivity index (χ0) is 18.5. The molecular weight excluding hydrogens is 340 g/mol. The minimum absolute atomic E-state index is 0.172.